The highest BCUT2D eigenvalue weighted by molar-refractivity contribution is 6.30. The van der Waals surface area contributed by atoms with Crippen molar-refractivity contribution in [3.8, 4) is 0 Å². The molecule has 3 rings (SSSR count). The number of rotatable bonds is 4. The summed E-state index contributed by atoms with van der Waals surface area (Å²) in [6.07, 6.45) is 8.07. The molecule has 19 heavy (non-hydrogen) atoms. The summed E-state index contributed by atoms with van der Waals surface area (Å²) in [7, 11) is 0. The second-order valence-electron chi connectivity index (χ2n) is 5.76. The molecule has 1 aliphatic rings. The molecule has 2 unspecified atom stereocenters. The van der Waals surface area contributed by atoms with E-state index in [1.807, 2.05) is 28.9 Å². The molecule has 4 heteroatoms. The molecule has 3 nitrogen and oxygen atoms in total. The molecule has 0 saturated heterocycles. The molecule has 102 valence electrons. The zero-order valence-corrected chi connectivity index (χ0v) is 12.0. The average molecular weight is 278 g/mol. The quantitative estimate of drug-likeness (QED) is 0.927. The number of nitrogens with zero attached hydrogens (tertiary/aromatic N) is 2. The number of halogens is 1. The van der Waals surface area contributed by atoms with Crippen LogP contribution in [0.15, 0.2) is 24.5 Å². The van der Waals surface area contributed by atoms with Gasteiger partial charge in [-0.25, -0.2) is 4.98 Å². The normalized spacial score (nSPS) is 23.3. The monoisotopic (exact) mass is 277 g/mol. The minimum Gasteiger partial charge on any atom is -0.311 e. The van der Waals surface area contributed by atoms with Crippen molar-refractivity contribution in [2.75, 3.05) is 6.54 Å². The Morgan fingerprint density at radius 3 is 3.05 bits per heavy atom. The number of imidazole rings is 1. The van der Waals surface area contributed by atoms with Gasteiger partial charge in [-0.3, -0.25) is 0 Å². The minimum atomic E-state index is 0.740. The summed E-state index contributed by atoms with van der Waals surface area (Å²) in [6, 6.07) is 3.82. The number of fused-ring (bicyclic) bond motifs is 1. The Balaban J connectivity index is 1.56. The van der Waals surface area contributed by atoms with Gasteiger partial charge in [0.2, 0.25) is 0 Å². The first-order chi connectivity index (χ1) is 9.20. The molecule has 2 atom stereocenters. The van der Waals surface area contributed by atoms with Crippen molar-refractivity contribution in [3.05, 3.63) is 35.2 Å². The zero-order chi connectivity index (χ0) is 13.2. The predicted octanol–water partition coefficient (Wildman–Crippen LogP) is 3.51. The largest absolute Gasteiger partial charge is 0.311 e. The van der Waals surface area contributed by atoms with Crippen LogP contribution >= 0.6 is 11.6 Å². The highest BCUT2D eigenvalue weighted by atomic mass is 35.5. The topological polar surface area (TPSA) is 29.3 Å². The molecular formula is C15H20ClN3. The van der Waals surface area contributed by atoms with Gasteiger partial charge in [0.15, 0.2) is 0 Å². The maximum absolute atomic E-state index is 5.97. The molecule has 0 amide bonds. The van der Waals surface area contributed by atoms with Gasteiger partial charge in [0.05, 0.1) is 10.7 Å². The van der Waals surface area contributed by atoms with E-state index in [1.54, 1.807) is 0 Å². The van der Waals surface area contributed by atoms with Gasteiger partial charge in [0.25, 0.3) is 0 Å². The third-order valence-electron chi connectivity index (χ3n) is 4.01. The van der Waals surface area contributed by atoms with Crippen molar-refractivity contribution in [1.29, 1.82) is 0 Å². The fourth-order valence-electron chi connectivity index (χ4n) is 3.02. The maximum Gasteiger partial charge on any atom is 0.137 e. The Labute approximate surface area is 119 Å². The van der Waals surface area contributed by atoms with Crippen molar-refractivity contribution in [2.24, 2.45) is 11.8 Å². The van der Waals surface area contributed by atoms with Crippen LogP contribution in [0.2, 0.25) is 5.02 Å². The van der Waals surface area contributed by atoms with Crippen molar-refractivity contribution in [3.63, 3.8) is 0 Å². The SMILES string of the molecule is CC1CCC(CNCc2cn3cc(Cl)ccc3n2)C1. The van der Waals surface area contributed by atoms with Gasteiger partial charge in [0.1, 0.15) is 5.65 Å². The highest BCUT2D eigenvalue weighted by Crippen LogP contribution is 2.29. The molecule has 0 aliphatic heterocycles. The second-order valence-corrected chi connectivity index (χ2v) is 6.20. The van der Waals surface area contributed by atoms with Gasteiger partial charge in [-0.1, -0.05) is 24.9 Å². The molecule has 0 radical (unpaired) electrons. The highest BCUT2D eigenvalue weighted by Gasteiger charge is 2.20. The first-order valence-corrected chi connectivity index (χ1v) is 7.42. The second kappa shape index (κ2) is 5.51. The molecule has 1 fully saturated rings. The first kappa shape index (κ1) is 12.9. The van der Waals surface area contributed by atoms with E-state index >= 15 is 0 Å². The summed E-state index contributed by atoms with van der Waals surface area (Å²) >= 11 is 5.97. The molecule has 0 bridgehead atoms. The fourth-order valence-corrected chi connectivity index (χ4v) is 3.19. The van der Waals surface area contributed by atoms with E-state index in [-0.39, 0.29) is 0 Å². The third kappa shape index (κ3) is 3.10. The Kier molecular flexibility index (Phi) is 3.76. The predicted molar refractivity (Wildman–Crippen MR) is 78.4 cm³/mol. The number of hydrogen-bond acceptors (Lipinski definition) is 2. The van der Waals surface area contributed by atoms with Crippen molar-refractivity contribution in [1.82, 2.24) is 14.7 Å². The Bertz CT molecular complexity index is 564. The minimum absolute atomic E-state index is 0.740. The van der Waals surface area contributed by atoms with E-state index in [0.29, 0.717) is 0 Å². The van der Waals surface area contributed by atoms with E-state index in [4.69, 9.17) is 11.6 Å². The van der Waals surface area contributed by atoms with Crippen LogP contribution in [0.4, 0.5) is 0 Å². The van der Waals surface area contributed by atoms with Crippen LogP contribution in [0.5, 0.6) is 0 Å². The maximum atomic E-state index is 5.97. The molecule has 0 spiro atoms. The summed E-state index contributed by atoms with van der Waals surface area (Å²) in [6.45, 7) is 4.30. The van der Waals surface area contributed by atoms with E-state index in [2.05, 4.69) is 17.2 Å². The lowest BCUT2D eigenvalue weighted by molar-refractivity contribution is 0.469. The summed E-state index contributed by atoms with van der Waals surface area (Å²) in [5.74, 6) is 1.76. The average Bonchev–Trinajstić information content (AvgIpc) is 2.95. The van der Waals surface area contributed by atoms with Gasteiger partial charge in [-0.05, 0) is 43.4 Å². The van der Waals surface area contributed by atoms with Crippen LogP contribution in [-0.4, -0.2) is 15.9 Å². The van der Waals surface area contributed by atoms with E-state index in [9.17, 15) is 0 Å². The van der Waals surface area contributed by atoms with E-state index in [1.165, 1.54) is 19.3 Å². The standard InChI is InChI=1S/C15H20ClN3/c1-11-2-3-12(6-11)7-17-8-14-10-19-9-13(16)4-5-15(19)18-14/h4-5,9-12,17H,2-3,6-8H2,1H3. The van der Waals surface area contributed by atoms with Crippen LogP contribution in [0.3, 0.4) is 0 Å². The van der Waals surface area contributed by atoms with E-state index < -0.39 is 0 Å². The van der Waals surface area contributed by atoms with Crippen LogP contribution in [-0.2, 0) is 6.54 Å². The van der Waals surface area contributed by atoms with Crippen molar-refractivity contribution in [2.45, 2.75) is 32.7 Å². The van der Waals surface area contributed by atoms with Gasteiger partial charge in [0, 0.05) is 18.9 Å². The molecule has 2 heterocycles. The summed E-state index contributed by atoms with van der Waals surface area (Å²) < 4.78 is 1.98. The Morgan fingerprint density at radius 2 is 2.26 bits per heavy atom. The molecule has 2 aromatic rings. The zero-order valence-electron chi connectivity index (χ0n) is 11.3. The molecule has 0 aromatic carbocycles. The van der Waals surface area contributed by atoms with Crippen LogP contribution in [0.25, 0.3) is 5.65 Å². The van der Waals surface area contributed by atoms with Crippen LogP contribution in [0.1, 0.15) is 31.9 Å². The van der Waals surface area contributed by atoms with E-state index in [0.717, 1.165) is 41.3 Å². The van der Waals surface area contributed by atoms with Gasteiger partial charge >= 0.3 is 0 Å². The molecule has 1 saturated carbocycles. The van der Waals surface area contributed by atoms with Gasteiger partial charge in [-0.2, -0.15) is 0 Å². The lowest BCUT2D eigenvalue weighted by Crippen LogP contribution is -2.21. The molecular weight excluding hydrogens is 258 g/mol. The lowest BCUT2D eigenvalue weighted by atomic mass is 10.1. The van der Waals surface area contributed by atoms with Crippen molar-refractivity contribution < 1.29 is 0 Å². The number of aromatic nitrogens is 2. The van der Waals surface area contributed by atoms with Gasteiger partial charge in [-0.15, -0.1) is 0 Å². The number of pyridine rings is 1. The smallest absolute Gasteiger partial charge is 0.137 e. The number of hydrogen-bond donors (Lipinski definition) is 1. The summed E-state index contributed by atoms with van der Waals surface area (Å²) in [4.78, 5) is 4.57. The third-order valence-corrected chi connectivity index (χ3v) is 4.23. The number of nitrogens with one attached hydrogen (secondary N) is 1. The van der Waals surface area contributed by atoms with Crippen molar-refractivity contribution >= 4 is 17.2 Å². The lowest BCUT2D eigenvalue weighted by Gasteiger charge is -2.09. The first-order valence-electron chi connectivity index (χ1n) is 7.04. The van der Waals surface area contributed by atoms with Crippen LogP contribution < -0.4 is 5.32 Å². The Hall–Kier alpha value is -1.06. The Morgan fingerprint density at radius 1 is 1.37 bits per heavy atom. The molecule has 1 aliphatic carbocycles. The van der Waals surface area contributed by atoms with Gasteiger partial charge < -0.3 is 9.72 Å². The molecule has 1 N–H and O–H groups in total. The van der Waals surface area contributed by atoms with Crippen LogP contribution in [0, 0.1) is 11.8 Å². The fraction of sp³-hybridized carbons (Fsp3) is 0.533. The summed E-state index contributed by atoms with van der Waals surface area (Å²) in [5.41, 5.74) is 2.03. The summed E-state index contributed by atoms with van der Waals surface area (Å²) in [5, 5.41) is 4.27. The molecule has 2 aromatic heterocycles.